The van der Waals surface area contributed by atoms with Crippen LogP contribution in [0.5, 0.6) is 0 Å². The number of carboxylic acid groups (broad SMARTS) is 1. The molecule has 0 aliphatic heterocycles. The maximum absolute atomic E-state index is 11.2. The largest absolute Gasteiger partial charge is 0.477 e. The van der Waals surface area contributed by atoms with E-state index in [-0.39, 0.29) is 5.69 Å². The molecule has 25 heavy (non-hydrogen) atoms. The number of rotatable bonds is 4. The second-order valence-corrected chi connectivity index (χ2v) is 5.95. The fourth-order valence-corrected chi connectivity index (χ4v) is 2.91. The van der Waals surface area contributed by atoms with E-state index in [1.807, 2.05) is 12.1 Å². The Labute approximate surface area is 147 Å². The zero-order chi connectivity index (χ0) is 17.4. The van der Waals surface area contributed by atoms with Crippen molar-refractivity contribution in [3.05, 3.63) is 77.1 Å². The molecular formula is C18H12ClN3O3. The van der Waals surface area contributed by atoms with Crippen molar-refractivity contribution in [3.63, 3.8) is 0 Å². The molecule has 4 heterocycles. The lowest BCUT2D eigenvalue weighted by Gasteiger charge is -2.03. The van der Waals surface area contributed by atoms with Crippen LogP contribution < -0.4 is 0 Å². The lowest BCUT2D eigenvalue weighted by Crippen LogP contribution is -2.03. The summed E-state index contributed by atoms with van der Waals surface area (Å²) in [5, 5.41) is 14.3. The summed E-state index contributed by atoms with van der Waals surface area (Å²) >= 11 is 6.06. The number of fused-ring (bicyclic) bond motifs is 1. The minimum atomic E-state index is -1.05. The van der Waals surface area contributed by atoms with Gasteiger partial charge in [0, 0.05) is 29.4 Å². The van der Waals surface area contributed by atoms with Crippen LogP contribution in [0.15, 0.2) is 59.5 Å². The number of nitrogens with zero attached hydrogens (tertiary/aromatic N) is 3. The molecule has 6 nitrogen and oxygen atoms in total. The standard InChI is InChI=1S/C18H12ClN3O3/c19-12-4-5-16-14(8-13-2-1-3-15(20-13)18(23)24)17(21-22(16)9-12)11-6-7-25-10-11/h1-7,9-10H,8H2,(H,23,24). The number of furan rings is 1. The number of carboxylic acids is 1. The molecule has 0 fully saturated rings. The molecule has 0 bridgehead atoms. The summed E-state index contributed by atoms with van der Waals surface area (Å²) in [5.41, 5.74) is 4.05. The van der Waals surface area contributed by atoms with Gasteiger partial charge < -0.3 is 9.52 Å². The minimum absolute atomic E-state index is 0.0156. The minimum Gasteiger partial charge on any atom is -0.477 e. The Kier molecular flexibility index (Phi) is 3.74. The summed E-state index contributed by atoms with van der Waals surface area (Å²) in [6.07, 6.45) is 5.37. The molecule has 4 aromatic rings. The lowest BCUT2D eigenvalue weighted by atomic mass is 10.0. The van der Waals surface area contributed by atoms with Gasteiger partial charge in [-0.3, -0.25) is 0 Å². The topological polar surface area (TPSA) is 80.6 Å². The van der Waals surface area contributed by atoms with Gasteiger partial charge in [-0.1, -0.05) is 17.7 Å². The van der Waals surface area contributed by atoms with E-state index in [0.717, 1.165) is 22.3 Å². The maximum Gasteiger partial charge on any atom is 0.354 e. The van der Waals surface area contributed by atoms with Gasteiger partial charge >= 0.3 is 5.97 Å². The zero-order valence-electron chi connectivity index (χ0n) is 12.9. The predicted molar refractivity (Wildman–Crippen MR) is 91.9 cm³/mol. The summed E-state index contributed by atoms with van der Waals surface area (Å²) in [6, 6.07) is 10.5. The van der Waals surface area contributed by atoms with E-state index in [2.05, 4.69) is 10.1 Å². The first-order valence-electron chi connectivity index (χ1n) is 7.50. The highest BCUT2D eigenvalue weighted by molar-refractivity contribution is 6.30. The smallest absolute Gasteiger partial charge is 0.354 e. The number of hydrogen-bond donors (Lipinski definition) is 1. The van der Waals surface area contributed by atoms with Crippen LogP contribution in [0.1, 0.15) is 21.7 Å². The van der Waals surface area contributed by atoms with E-state index in [1.54, 1.807) is 41.4 Å². The third kappa shape index (κ3) is 2.88. The third-order valence-corrected chi connectivity index (χ3v) is 4.10. The molecule has 7 heteroatoms. The maximum atomic E-state index is 11.2. The van der Waals surface area contributed by atoms with Gasteiger partial charge in [-0.25, -0.2) is 14.3 Å². The van der Waals surface area contributed by atoms with Gasteiger partial charge in [0.15, 0.2) is 0 Å². The van der Waals surface area contributed by atoms with Gasteiger partial charge in [-0.05, 0) is 30.3 Å². The summed E-state index contributed by atoms with van der Waals surface area (Å²) < 4.78 is 6.89. The van der Waals surface area contributed by atoms with E-state index >= 15 is 0 Å². The number of hydrogen-bond acceptors (Lipinski definition) is 4. The molecular weight excluding hydrogens is 342 g/mol. The highest BCUT2D eigenvalue weighted by Gasteiger charge is 2.17. The molecule has 0 atom stereocenters. The van der Waals surface area contributed by atoms with Crippen LogP contribution in [0.3, 0.4) is 0 Å². The number of aromatic nitrogens is 3. The van der Waals surface area contributed by atoms with Crippen LogP contribution >= 0.6 is 11.6 Å². The van der Waals surface area contributed by atoms with Crippen LogP contribution in [0.4, 0.5) is 0 Å². The monoisotopic (exact) mass is 353 g/mol. The van der Waals surface area contributed by atoms with E-state index in [1.165, 1.54) is 6.07 Å². The van der Waals surface area contributed by atoms with Crippen molar-refractivity contribution in [2.24, 2.45) is 0 Å². The highest BCUT2D eigenvalue weighted by Crippen LogP contribution is 2.29. The number of aromatic carboxylic acids is 1. The summed E-state index contributed by atoms with van der Waals surface area (Å²) in [5.74, 6) is -1.05. The van der Waals surface area contributed by atoms with E-state index in [4.69, 9.17) is 21.1 Å². The highest BCUT2D eigenvalue weighted by atomic mass is 35.5. The van der Waals surface area contributed by atoms with Crippen molar-refractivity contribution in [1.82, 2.24) is 14.6 Å². The van der Waals surface area contributed by atoms with Crippen molar-refractivity contribution in [1.29, 1.82) is 0 Å². The van der Waals surface area contributed by atoms with Gasteiger partial charge in [-0.2, -0.15) is 5.10 Å². The zero-order valence-corrected chi connectivity index (χ0v) is 13.6. The summed E-state index contributed by atoms with van der Waals surface area (Å²) in [6.45, 7) is 0. The van der Waals surface area contributed by atoms with Gasteiger partial charge in [0.05, 0.1) is 23.1 Å². The fourth-order valence-electron chi connectivity index (χ4n) is 2.76. The second kappa shape index (κ2) is 6.07. The third-order valence-electron chi connectivity index (χ3n) is 3.87. The van der Waals surface area contributed by atoms with Crippen molar-refractivity contribution in [2.45, 2.75) is 6.42 Å². The lowest BCUT2D eigenvalue weighted by molar-refractivity contribution is 0.0690. The molecule has 0 saturated carbocycles. The van der Waals surface area contributed by atoms with Gasteiger partial charge in [-0.15, -0.1) is 0 Å². The molecule has 4 aromatic heterocycles. The molecule has 0 aromatic carbocycles. The van der Waals surface area contributed by atoms with Crippen LogP contribution in [0.2, 0.25) is 5.02 Å². The second-order valence-electron chi connectivity index (χ2n) is 5.51. The van der Waals surface area contributed by atoms with Crippen LogP contribution in [0.25, 0.3) is 16.8 Å². The summed E-state index contributed by atoms with van der Waals surface area (Å²) in [4.78, 5) is 15.4. The van der Waals surface area contributed by atoms with E-state index in [0.29, 0.717) is 17.1 Å². The van der Waals surface area contributed by atoms with Crippen LogP contribution in [-0.4, -0.2) is 25.7 Å². The number of carbonyl (C=O) groups is 1. The van der Waals surface area contributed by atoms with Crippen LogP contribution in [0, 0.1) is 0 Å². The average molecular weight is 354 g/mol. The van der Waals surface area contributed by atoms with Crippen LogP contribution in [-0.2, 0) is 6.42 Å². The Balaban J connectivity index is 1.86. The number of halogens is 1. The normalized spacial score (nSPS) is 11.1. The Morgan fingerprint density at radius 3 is 2.88 bits per heavy atom. The molecule has 0 aliphatic rings. The molecule has 0 radical (unpaired) electrons. The molecule has 0 saturated heterocycles. The Hall–Kier alpha value is -3.12. The quantitative estimate of drug-likeness (QED) is 0.601. The van der Waals surface area contributed by atoms with Gasteiger partial charge in [0.25, 0.3) is 0 Å². The van der Waals surface area contributed by atoms with Crippen molar-refractivity contribution < 1.29 is 14.3 Å². The molecule has 124 valence electrons. The first-order chi connectivity index (χ1) is 12.1. The Morgan fingerprint density at radius 2 is 2.12 bits per heavy atom. The van der Waals surface area contributed by atoms with E-state index in [9.17, 15) is 4.79 Å². The molecule has 0 amide bonds. The Morgan fingerprint density at radius 1 is 1.24 bits per heavy atom. The van der Waals surface area contributed by atoms with Gasteiger partial charge in [0.1, 0.15) is 11.4 Å². The Bertz CT molecular complexity index is 1070. The van der Waals surface area contributed by atoms with Crippen molar-refractivity contribution in [3.8, 4) is 11.3 Å². The van der Waals surface area contributed by atoms with Gasteiger partial charge in [0.2, 0.25) is 0 Å². The SMILES string of the molecule is O=C(O)c1cccc(Cc2c(-c3ccoc3)nn3cc(Cl)ccc23)n1. The fraction of sp³-hybridized carbons (Fsp3) is 0.0556. The predicted octanol–water partition coefficient (Wildman–Crippen LogP) is 3.93. The average Bonchev–Trinajstić information content (AvgIpc) is 3.23. The van der Waals surface area contributed by atoms with Crippen molar-refractivity contribution in [2.75, 3.05) is 0 Å². The first kappa shape index (κ1) is 15.4. The number of pyridine rings is 2. The molecule has 0 unspecified atom stereocenters. The molecule has 0 aliphatic carbocycles. The molecule has 0 spiro atoms. The summed E-state index contributed by atoms with van der Waals surface area (Å²) in [7, 11) is 0. The first-order valence-corrected chi connectivity index (χ1v) is 7.88. The van der Waals surface area contributed by atoms with Crippen molar-refractivity contribution >= 4 is 23.1 Å². The van der Waals surface area contributed by atoms with E-state index < -0.39 is 5.97 Å². The molecule has 4 rings (SSSR count). The molecule has 1 N–H and O–H groups in total.